The lowest BCUT2D eigenvalue weighted by Gasteiger charge is -2.30. The largest absolute Gasteiger partial charge is 0.428 e. The van der Waals surface area contributed by atoms with Gasteiger partial charge in [-0.2, -0.15) is 8.78 Å². The zero-order valence-electron chi connectivity index (χ0n) is 7.84. The molecule has 86 valence electrons. The summed E-state index contributed by atoms with van der Waals surface area (Å²) in [4.78, 5) is 21.3. The third-order valence-corrected chi connectivity index (χ3v) is 2.47. The first-order valence-electron chi connectivity index (χ1n) is 4.54. The molecule has 1 saturated carbocycles. The molecule has 1 aliphatic carbocycles. The molecule has 1 fully saturated rings. The van der Waals surface area contributed by atoms with Gasteiger partial charge in [0, 0.05) is 12.8 Å². The van der Waals surface area contributed by atoms with Gasteiger partial charge in [0.05, 0.1) is 0 Å². The summed E-state index contributed by atoms with van der Waals surface area (Å²) < 4.78 is 29.0. The van der Waals surface area contributed by atoms with Crippen molar-refractivity contribution >= 4 is 17.6 Å². The van der Waals surface area contributed by atoms with Crippen molar-refractivity contribution < 1.29 is 18.3 Å². The molecule has 0 heterocycles. The van der Waals surface area contributed by atoms with Crippen LogP contribution in [-0.4, -0.2) is 17.1 Å². The van der Waals surface area contributed by atoms with E-state index in [1.807, 2.05) is 0 Å². The van der Waals surface area contributed by atoms with E-state index in [4.69, 9.17) is 0 Å². The number of nitrogens with zero attached hydrogens (tertiary/aromatic N) is 1. The topological polar surface area (TPSA) is 55.7 Å². The maximum atomic E-state index is 12.3. The molecule has 4 nitrogen and oxygen atoms in total. The molecule has 0 spiro atoms. The smallest absolute Gasteiger partial charge is 0.418 e. The van der Waals surface area contributed by atoms with Gasteiger partial charge in [-0.3, -0.25) is 0 Å². The number of alkyl halides is 3. The van der Waals surface area contributed by atoms with Crippen LogP contribution >= 0.6 is 11.6 Å². The van der Waals surface area contributed by atoms with Gasteiger partial charge in [-0.15, -0.1) is 4.91 Å². The van der Waals surface area contributed by atoms with Crippen molar-refractivity contribution in [3.63, 3.8) is 0 Å². The highest BCUT2D eigenvalue weighted by molar-refractivity contribution is 6.31. The van der Waals surface area contributed by atoms with Crippen molar-refractivity contribution in [3.05, 3.63) is 4.91 Å². The Hall–Kier alpha value is -0.780. The van der Waals surface area contributed by atoms with Crippen LogP contribution < -0.4 is 0 Å². The minimum atomic E-state index is -4.10. The average molecular weight is 242 g/mol. The van der Waals surface area contributed by atoms with Gasteiger partial charge in [0.2, 0.25) is 5.72 Å². The van der Waals surface area contributed by atoms with Crippen LogP contribution in [0.1, 0.15) is 32.1 Å². The SMILES string of the molecule is O=NC1(OC(=O)C(F)(F)Cl)CCCCC1. The van der Waals surface area contributed by atoms with Crippen LogP contribution in [0.4, 0.5) is 8.78 Å². The predicted molar refractivity (Wildman–Crippen MR) is 48.5 cm³/mol. The van der Waals surface area contributed by atoms with Gasteiger partial charge >= 0.3 is 11.4 Å². The van der Waals surface area contributed by atoms with E-state index in [2.05, 4.69) is 21.5 Å². The summed E-state index contributed by atoms with van der Waals surface area (Å²) in [5.41, 5.74) is -1.65. The minimum Gasteiger partial charge on any atom is -0.428 e. The van der Waals surface area contributed by atoms with Gasteiger partial charge in [-0.05, 0) is 29.6 Å². The van der Waals surface area contributed by atoms with Gasteiger partial charge in [0.1, 0.15) is 0 Å². The second-order valence-electron chi connectivity index (χ2n) is 3.49. The van der Waals surface area contributed by atoms with Crippen molar-refractivity contribution in [1.29, 1.82) is 0 Å². The van der Waals surface area contributed by atoms with Crippen molar-refractivity contribution in [3.8, 4) is 0 Å². The molecule has 0 N–H and O–H groups in total. The number of hydrogen-bond acceptors (Lipinski definition) is 4. The molecule has 0 radical (unpaired) electrons. The fourth-order valence-corrected chi connectivity index (χ4v) is 1.59. The summed E-state index contributed by atoms with van der Waals surface area (Å²) in [5, 5.41) is -1.45. The van der Waals surface area contributed by atoms with E-state index in [0.29, 0.717) is 12.8 Å². The maximum absolute atomic E-state index is 12.3. The molecule has 1 aliphatic rings. The van der Waals surface area contributed by atoms with Crippen molar-refractivity contribution in [2.75, 3.05) is 0 Å². The van der Waals surface area contributed by atoms with E-state index in [-0.39, 0.29) is 12.8 Å². The van der Waals surface area contributed by atoms with E-state index in [9.17, 15) is 18.5 Å². The van der Waals surface area contributed by atoms with E-state index in [1.54, 1.807) is 0 Å². The summed E-state index contributed by atoms with van der Waals surface area (Å²) in [6.45, 7) is 0. The van der Waals surface area contributed by atoms with Crippen LogP contribution in [0.3, 0.4) is 0 Å². The van der Waals surface area contributed by atoms with E-state index in [1.165, 1.54) is 0 Å². The molecular formula is C8H10ClF2NO3. The molecular weight excluding hydrogens is 232 g/mol. The Morgan fingerprint density at radius 1 is 1.33 bits per heavy atom. The fourth-order valence-electron chi connectivity index (χ4n) is 1.55. The summed E-state index contributed by atoms with van der Waals surface area (Å²) >= 11 is 4.47. The lowest BCUT2D eigenvalue weighted by Crippen LogP contribution is -2.39. The van der Waals surface area contributed by atoms with Crippen molar-refractivity contribution in [2.24, 2.45) is 5.18 Å². The second-order valence-corrected chi connectivity index (χ2v) is 3.96. The van der Waals surface area contributed by atoms with Crippen LogP contribution in [0.15, 0.2) is 5.18 Å². The number of carbonyl (C=O) groups excluding carboxylic acids is 1. The Balaban J connectivity index is 2.68. The zero-order chi connectivity index (χ0) is 11.5. The Bertz CT molecular complexity index is 261. The summed E-state index contributed by atoms with van der Waals surface area (Å²) in [7, 11) is 0. The monoisotopic (exact) mass is 241 g/mol. The molecule has 0 aromatic carbocycles. The molecule has 0 bridgehead atoms. The predicted octanol–water partition coefficient (Wildman–Crippen LogP) is 2.79. The maximum Gasteiger partial charge on any atom is 0.418 e. The van der Waals surface area contributed by atoms with Gasteiger partial charge in [0.25, 0.3) is 0 Å². The fraction of sp³-hybridized carbons (Fsp3) is 0.875. The second kappa shape index (κ2) is 4.38. The first-order valence-corrected chi connectivity index (χ1v) is 4.92. The third kappa shape index (κ3) is 3.09. The summed E-state index contributed by atoms with van der Waals surface area (Å²) in [6.07, 6.45) is 2.45. The Labute approximate surface area is 89.9 Å². The number of nitroso groups, excluding NO2 is 1. The molecule has 0 amide bonds. The van der Waals surface area contributed by atoms with E-state index >= 15 is 0 Å². The van der Waals surface area contributed by atoms with E-state index in [0.717, 1.165) is 6.42 Å². The highest BCUT2D eigenvalue weighted by atomic mass is 35.5. The Morgan fingerprint density at radius 3 is 2.27 bits per heavy atom. The number of carbonyl (C=O) groups is 1. The number of hydrogen-bond donors (Lipinski definition) is 0. The molecule has 1 rings (SSSR count). The minimum absolute atomic E-state index is 0.176. The van der Waals surface area contributed by atoms with Crippen LogP contribution in [-0.2, 0) is 9.53 Å². The molecule has 0 unspecified atom stereocenters. The lowest BCUT2D eigenvalue weighted by atomic mass is 9.92. The lowest BCUT2D eigenvalue weighted by molar-refractivity contribution is -0.180. The van der Waals surface area contributed by atoms with Crippen LogP contribution in [0, 0.1) is 4.91 Å². The van der Waals surface area contributed by atoms with Crippen molar-refractivity contribution in [2.45, 2.75) is 43.2 Å². The van der Waals surface area contributed by atoms with Crippen molar-refractivity contribution in [1.82, 2.24) is 0 Å². The van der Waals surface area contributed by atoms with Gasteiger partial charge in [0.15, 0.2) is 0 Å². The van der Waals surface area contributed by atoms with Crippen LogP contribution in [0.2, 0.25) is 0 Å². The number of esters is 1. The summed E-state index contributed by atoms with van der Waals surface area (Å²) in [5.74, 6) is -1.91. The van der Waals surface area contributed by atoms with Crippen LogP contribution in [0.5, 0.6) is 0 Å². The van der Waals surface area contributed by atoms with Gasteiger partial charge in [-0.1, -0.05) is 6.42 Å². The highest BCUT2D eigenvalue weighted by Gasteiger charge is 2.46. The first kappa shape index (κ1) is 12.3. The molecule has 0 saturated heterocycles. The molecule has 0 atom stereocenters. The summed E-state index contributed by atoms with van der Waals surface area (Å²) in [6, 6.07) is 0. The Morgan fingerprint density at radius 2 is 1.87 bits per heavy atom. The Kier molecular flexibility index (Phi) is 3.59. The van der Waals surface area contributed by atoms with Gasteiger partial charge in [-0.25, -0.2) is 4.79 Å². The molecule has 0 aromatic rings. The molecule has 0 aliphatic heterocycles. The molecule has 15 heavy (non-hydrogen) atoms. The molecule has 7 heteroatoms. The highest BCUT2D eigenvalue weighted by Crippen LogP contribution is 2.35. The normalized spacial score (nSPS) is 20.7. The quantitative estimate of drug-likeness (QED) is 0.434. The average Bonchev–Trinajstić information content (AvgIpc) is 2.18. The van der Waals surface area contributed by atoms with Crippen LogP contribution in [0.25, 0.3) is 0 Å². The number of rotatable bonds is 3. The number of halogens is 3. The molecule has 0 aromatic heterocycles. The zero-order valence-corrected chi connectivity index (χ0v) is 8.60. The van der Waals surface area contributed by atoms with Gasteiger partial charge < -0.3 is 4.74 Å². The number of ether oxygens (including phenoxy) is 1. The third-order valence-electron chi connectivity index (χ3n) is 2.32. The van der Waals surface area contributed by atoms with E-state index < -0.39 is 17.1 Å². The standard InChI is InChI=1S/C8H10ClF2NO3/c9-8(10,11)6(13)15-7(12-14)4-2-1-3-5-7/h1-5H2. The first-order chi connectivity index (χ1) is 6.90.